The van der Waals surface area contributed by atoms with Gasteiger partial charge in [0, 0.05) is 12.1 Å². The molecule has 4 nitrogen and oxygen atoms in total. The molecule has 0 N–H and O–H groups in total. The van der Waals surface area contributed by atoms with Gasteiger partial charge in [-0.05, 0) is 31.5 Å². The summed E-state index contributed by atoms with van der Waals surface area (Å²) in [5.74, 6) is -0.196. The monoisotopic (exact) mass is 326 g/mol. The van der Waals surface area contributed by atoms with Crippen LogP contribution in [0.5, 0.6) is 0 Å². The highest BCUT2D eigenvalue weighted by Crippen LogP contribution is 2.28. The number of halogens is 1. The van der Waals surface area contributed by atoms with Crippen LogP contribution in [0.1, 0.15) is 26.7 Å². The van der Waals surface area contributed by atoms with E-state index in [-0.39, 0.29) is 11.2 Å². The van der Waals surface area contributed by atoms with Gasteiger partial charge in [0.25, 0.3) is 0 Å². The fourth-order valence-corrected chi connectivity index (χ4v) is 2.95. The number of fused-ring (bicyclic) bond motifs is 1. The number of esters is 1. The van der Waals surface area contributed by atoms with Crippen LogP contribution in [0.3, 0.4) is 0 Å². The number of imidazole rings is 1. The molecule has 0 saturated heterocycles. The number of carbonyl (C=O) groups excluding carboxylic acids is 1. The summed E-state index contributed by atoms with van der Waals surface area (Å²) in [5, 5.41) is 1.16. The molecule has 0 saturated carbocycles. The first-order chi connectivity index (χ1) is 10.0. The molecule has 0 bridgehead atoms. The maximum Gasteiger partial charge on any atom is 0.319 e. The van der Waals surface area contributed by atoms with Gasteiger partial charge in [0.15, 0.2) is 5.16 Å². The number of thioether (sulfide) groups is 1. The molecule has 114 valence electrons. The topological polar surface area (TPSA) is 44.1 Å². The summed E-state index contributed by atoms with van der Waals surface area (Å²) >= 11 is 7.38. The third kappa shape index (κ3) is 3.92. The largest absolute Gasteiger partial charge is 0.465 e. The molecule has 0 fully saturated rings. The Morgan fingerprint density at radius 2 is 2.29 bits per heavy atom. The van der Waals surface area contributed by atoms with Gasteiger partial charge in [-0.15, -0.1) is 0 Å². The zero-order chi connectivity index (χ0) is 15.4. The Morgan fingerprint density at radius 3 is 3.00 bits per heavy atom. The highest BCUT2D eigenvalue weighted by atomic mass is 35.5. The molecule has 2 rings (SSSR count). The van der Waals surface area contributed by atoms with Crippen molar-refractivity contribution in [1.29, 1.82) is 0 Å². The van der Waals surface area contributed by atoms with Crippen LogP contribution in [0, 0.1) is 0 Å². The first kappa shape index (κ1) is 16.2. The molecule has 0 aliphatic carbocycles. The molecule has 6 heteroatoms. The number of aryl methyl sites for hydroxylation is 1. The summed E-state index contributed by atoms with van der Waals surface area (Å²) in [6.07, 6.45) is 1.91. The summed E-state index contributed by atoms with van der Waals surface area (Å²) in [7, 11) is 1.93. The molecule has 0 aliphatic rings. The fourth-order valence-electron chi connectivity index (χ4n) is 1.90. The van der Waals surface area contributed by atoms with E-state index in [2.05, 4.69) is 11.9 Å². The molecule has 0 amide bonds. The lowest BCUT2D eigenvalue weighted by Crippen LogP contribution is -2.18. The molecule has 0 radical (unpaired) electrons. The number of nitrogens with zero attached hydrogens (tertiary/aromatic N) is 2. The number of benzene rings is 1. The molecule has 21 heavy (non-hydrogen) atoms. The summed E-state index contributed by atoms with van der Waals surface area (Å²) in [6, 6.07) is 5.59. The molecule has 1 atom stereocenters. The van der Waals surface area contributed by atoms with Crippen molar-refractivity contribution in [2.75, 3.05) is 6.61 Å². The van der Waals surface area contributed by atoms with Gasteiger partial charge in [-0.3, -0.25) is 4.79 Å². The molecule has 1 unspecified atom stereocenters. The number of ether oxygens (including phenoxy) is 1. The second kappa shape index (κ2) is 7.18. The summed E-state index contributed by atoms with van der Waals surface area (Å²) < 4.78 is 7.20. The molecule has 0 aliphatic heterocycles. The number of aromatic nitrogens is 2. The smallest absolute Gasteiger partial charge is 0.319 e. The van der Waals surface area contributed by atoms with Crippen LogP contribution in [0.4, 0.5) is 0 Å². The van der Waals surface area contributed by atoms with Crippen molar-refractivity contribution in [3.05, 3.63) is 23.2 Å². The first-order valence-corrected chi connectivity index (χ1v) is 8.24. The molecule has 1 heterocycles. The van der Waals surface area contributed by atoms with Crippen LogP contribution in [0.2, 0.25) is 5.02 Å². The predicted octanol–water partition coefficient (Wildman–Crippen LogP) is 4.05. The lowest BCUT2D eigenvalue weighted by Gasteiger charge is -2.10. The van der Waals surface area contributed by atoms with Gasteiger partial charge in [-0.25, -0.2) is 4.98 Å². The van der Waals surface area contributed by atoms with Gasteiger partial charge < -0.3 is 9.30 Å². The molecule has 0 spiro atoms. The van der Waals surface area contributed by atoms with E-state index in [0.29, 0.717) is 11.6 Å². The number of hydrogen-bond acceptors (Lipinski definition) is 4. The third-order valence-corrected chi connectivity index (χ3v) is 4.52. The maximum absolute atomic E-state index is 11.9. The molecule has 1 aromatic carbocycles. The highest BCUT2D eigenvalue weighted by molar-refractivity contribution is 8.00. The Morgan fingerprint density at radius 1 is 1.52 bits per heavy atom. The molecular formula is C15H19ClN2O2S. The molecule has 2 aromatic rings. The summed E-state index contributed by atoms with van der Waals surface area (Å²) in [5.41, 5.74) is 1.83. The second-order valence-corrected chi connectivity index (χ2v) is 6.61. The van der Waals surface area contributed by atoms with Crippen LogP contribution in [-0.4, -0.2) is 27.4 Å². The number of unbranched alkanes of at least 4 members (excludes halogenated alkanes) is 1. The molecular weight excluding hydrogens is 308 g/mol. The van der Waals surface area contributed by atoms with Crippen molar-refractivity contribution in [3.8, 4) is 0 Å². The number of rotatable bonds is 6. The zero-order valence-electron chi connectivity index (χ0n) is 12.4. The van der Waals surface area contributed by atoms with E-state index in [4.69, 9.17) is 16.3 Å². The van der Waals surface area contributed by atoms with Crippen molar-refractivity contribution in [3.63, 3.8) is 0 Å². The van der Waals surface area contributed by atoms with Gasteiger partial charge in [0.2, 0.25) is 0 Å². The van der Waals surface area contributed by atoms with Crippen LogP contribution >= 0.6 is 23.4 Å². The summed E-state index contributed by atoms with van der Waals surface area (Å²) in [6.45, 7) is 4.39. The van der Waals surface area contributed by atoms with Crippen molar-refractivity contribution in [1.82, 2.24) is 9.55 Å². The standard InChI is InChI=1S/C15H19ClN2O2S/c1-4-5-8-20-14(19)10(2)21-15-17-12-9-11(16)6-7-13(12)18(15)3/h6-7,9-10H,4-5,8H2,1-3H3. The van der Waals surface area contributed by atoms with Crippen molar-refractivity contribution >= 4 is 40.4 Å². The average molecular weight is 327 g/mol. The van der Waals surface area contributed by atoms with Gasteiger partial charge in [0.05, 0.1) is 17.6 Å². The van der Waals surface area contributed by atoms with Gasteiger partial charge in [-0.1, -0.05) is 36.7 Å². The molecule has 1 aromatic heterocycles. The maximum atomic E-state index is 11.9. The fraction of sp³-hybridized carbons (Fsp3) is 0.467. The summed E-state index contributed by atoms with van der Waals surface area (Å²) in [4.78, 5) is 16.4. The van der Waals surface area contributed by atoms with Gasteiger partial charge in [0.1, 0.15) is 5.25 Å². The lowest BCUT2D eigenvalue weighted by atomic mass is 10.3. The first-order valence-electron chi connectivity index (χ1n) is 6.98. The lowest BCUT2D eigenvalue weighted by molar-refractivity contribution is -0.142. The van der Waals surface area contributed by atoms with E-state index in [1.807, 2.05) is 36.7 Å². The van der Waals surface area contributed by atoms with E-state index < -0.39 is 0 Å². The average Bonchev–Trinajstić information content (AvgIpc) is 2.74. The Hall–Kier alpha value is -1.20. The highest BCUT2D eigenvalue weighted by Gasteiger charge is 2.19. The van der Waals surface area contributed by atoms with E-state index >= 15 is 0 Å². The SMILES string of the molecule is CCCCOC(=O)C(C)Sc1nc2cc(Cl)ccc2n1C. The van der Waals surface area contributed by atoms with Crippen LogP contribution < -0.4 is 0 Å². The number of hydrogen-bond donors (Lipinski definition) is 0. The predicted molar refractivity (Wildman–Crippen MR) is 86.9 cm³/mol. The van der Waals surface area contributed by atoms with Crippen molar-refractivity contribution < 1.29 is 9.53 Å². The minimum atomic E-state index is -0.284. The van der Waals surface area contributed by atoms with E-state index in [9.17, 15) is 4.79 Å². The van der Waals surface area contributed by atoms with Crippen LogP contribution in [0.15, 0.2) is 23.4 Å². The Kier molecular flexibility index (Phi) is 5.53. The normalized spacial score (nSPS) is 12.6. The van der Waals surface area contributed by atoms with Crippen LogP contribution in [-0.2, 0) is 16.6 Å². The zero-order valence-corrected chi connectivity index (χ0v) is 14.0. The Labute approximate surface area is 133 Å². The van der Waals surface area contributed by atoms with E-state index in [1.54, 1.807) is 0 Å². The Balaban J connectivity index is 2.08. The van der Waals surface area contributed by atoms with Crippen LogP contribution in [0.25, 0.3) is 11.0 Å². The van der Waals surface area contributed by atoms with Gasteiger partial charge in [-0.2, -0.15) is 0 Å². The van der Waals surface area contributed by atoms with E-state index in [0.717, 1.165) is 29.0 Å². The number of carbonyl (C=O) groups is 1. The Bertz CT molecular complexity index is 642. The quantitative estimate of drug-likeness (QED) is 0.456. The minimum absolute atomic E-state index is 0.196. The minimum Gasteiger partial charge on any atom is -0.465 e. The van der Waals surface area contributed by atoms with Crippen molar-refractivity contribution in [2.24, 2.45) is 7.05 Å². The van der Waals surface area contributed by atoms with Gasteiger partial charge >= 0.3 is 5.97 Å². The second-order valence-electron chi connectivity index (χ2n) is 4.87. The third-order valence-electron chi connectivity index (χ3n) is 3.16. The van der Waals surface area contributed by atoms with Crippen molar-refractivity contribution in [2.45, 2.75) is 37.1 Å². The van der Waals surface area contributed by atoms with E-state index in [1.165, 1.54) is 11.8 Å².